The lowest BCUT2D eigenvalue weighted by Gasteiger charge is -2.28. The molecular weight excluding hydrogens is 328 g/mol. The highest BCUT2D eigenvalue weighted by molar-refractivity contribution is 5.55. The van der Waals surface area contributed by atoms with E-state index in [4.69, 9.17) is 14.2 Å². The van der Waals surface area contributed by atoms with Crippen molar-refractivity contribution in [1.29, 1.82) is 0 Å². The molecule has 0 bridgehead atoms. The highest BCUT2D eigenvalue weighted by atomic mass is 16.5. The normalized spacial score (nSPS) is 18.7. The molecule has 2 atom stereocenters. The van der Waals surface area contributed by atoms with Gasteiger partial charge in [0.05, 0.1) is 34.4 Å². The van der Waals surface area contributed by atoms with Crippen molar-refractivity contribution >= 4 is 0 Å². The largest absolute Gasteiger partial charge is 0.493 e. The van der Waals surface area contributed by atoms with Crippen molar-refractivity contribution in [3.05, 3.63) is 53.6 Å². The summed E-state index contributed by atoms with van der Waals surface area (Å²) in [7, 11) is 4.99. The highest BCUT2D eigenvalue weighted by Gasteiger charge is 2.30. The second kappa shape index (κ2) is 8.92. The predicted octanol–water partition coefficient (Wildman–Crippen LogP) is 0.654. The molecule has 2 aromatic carbocycles. The molecule has 1 heterocycles. The maximum absolute atomic E-state index is 5.60. The summed E-state index contributed by atoms with van der Waals surface area (Å²) >= 11 is 0. The van der Waals surface area contributed by atoms with E-state index in [-0.39, 0.29) is 6.04 Å². The maximum Gasteiger partial charge on any atom is 0.203 e. The van der Waals surface area contributed by atoms with Crippen molar-refractivity contribution < 1.29 is 24.4 Å². The Morgan fingerprint density at radius 3 is 2.15 bits per heavy atom. The quantitative estimate of drug-likeness (QED) is 0.797. The van der Waals surface area contributed by atoms with Gasteiger partial charge in [-0.2, -0.15) is 0 Å². The van der Waals surface area contributed by atoms with Gasteiger partial charge in [-0.1, -0.05) is 30.3 Å². The molecule has 3 N–H and O–H groups in total. The molecule has 1 unspecified atom stereocenters. The fourth-order valence-corrected chi connectivity index (χ4v) is 3.90. The van der Waals surface area contributed by atoms with Gasteiger partial charge in [0.25, 0.3) is 0 Å². The Labute approximate surface area is 155 Å². The molecular formula is C21H30N2O3+2. The van der Waals surface area contributed by atoms with Gasteiger partial charge in [-0.05, 0) is 12.1 Å². The van der Waals surface area contributed by atoms with Crippen LogP contribution in [0.5, 0.6) is 17.2 Å². The smallest absolute Gasteiger partial charge is 0.203 e. The number of hydrogen-bond acceptors (Lipinski definition) is 3. The SMILES string of the molecule is COc1cc([C@@H](c2ccccc2)[NH+]2CCC[NH2+]CC2)cc(OC)c1OC. The van der Waals surface area contributed by atoms with E-state index in [2.05, 4.69) is 47.8 Å². The van der Waals surface area contributed by atoms with Crippen LogP contribution in [0.3, 0.4) is 0 Å². The molecule has 1 aliphatic rings. The summed E-state index contributed by atoms with van der Waals surface area (Å²) in [6, 6.07) is 15.2. The van der Waals surface area contributed by atoms with Crippen molar-refractivity contribution in [2.45, 2.75) is 12.5 Å². The van der Waals surface area contributed by atoms with Crippen LogP contribution in [0.1, 0.15) is 23.6 Å². The van der Waals surface area contributed by atoms with E-state index in [1.165, 1.54) is 24.1 Å². The van der Waals surface area contributed by atoms with E-state index in [9.17, 15) is 0 Å². The Bertz CT molecular complexity index is 673. The van der Waals surface area contributed by atoms with Crippen LogP contribution >= 0.6 is 0 Å². The summed E-state index contributed by atoms with van der Waals surface area (Å²) in [5.74, 6) is 2.07. The minimum Gasteiger partial charge on any atom is -0.493 e. The monoisotopic (exact) mass is 358 g/mol. The van der Waals surface area contributed by atoms with Crippen LogP contribution in [0, 0.1) is 0 Å². The summed E-state index contributed by atoms with van der Waals surface area (Å²) in [6.07, 6.45) is 1.23. The Kier molecular flexibility index (Phi) is 6.36. The van der Waals surface area contributed by atoms with Gasteiger partial charge in [-0.25, -0.2) is 0 Å². The first-order chi connectivity index (χ1) is 12.8. The lowest BCUT2D eigenvalue weighted by molar-refractivity contribution is -0.929. The summed E-state index contributed by atoms with van der Waals surface area (Å²) < 4.78 is 16.7. The van der Waals surface area contributed by atoms with Gasteiger partial charge in [0.1, 0.15) is 19.1 Å². The second-order valence-corrected chi connectivity index (χ2v) is 6.68. The Balaban J connectivity index is 2.09. The van der Waals surface area contributed by atoms with Crippen LogP contribution in [0.4, 0.5) is 0 Å². The molecule has 26 heavy (non-hydrogen) atoms. The Morgan fingerprint density at radius 2 is 1.54 bits per heavy atom. The minimum absolute atomic E-state index is 0.247. The number of benzene rings is 2. The number of rotatable bonds is 6. The molecule has 1 aliphatic heterocycles. The number of methoxy groups -OCH3 is 3. The van der Waals surface area contributed by atoms with Gasteiger partial charge in [0, 0.05) is 17.5 Å². The predicted molar refractivity (Wildman–Crippen MR) is 101 cm³/mol. The Morgan fingerprint density at radius 1 is 0.846 bits per heavy atom. The van der Waals surface area contributed by atoms with E-state index < -0.39 is 0 Å². The third-order valence-electron chi connectivity index (χ3n) is 5.14. The van der Waals surface area contributed by atoms with E-state index >= 15 is 0 Å². The maximum atomic E-state index is 5.60. The average Bonchev–Trinajstić information content (AvgIpc) is 2.97. The Hall–Kier alpha value is -2.24. The lowest BCUT2D eigenvalue weighted by atomic mass is 9.96. The van der Waals surface area contributed by atoms with Gasteiger partial charge < -0.3 is 24.4 Å². The second-order valence-electron chi connectivity index (χ2n) is 6.68. The van der Waals surface area contributed by atoms with Gasteiger partial charge in [0.2, 0.25) is 5.75 Å². The molecule has 2 aromatic rings. The van der Waals surface area contributed by atoms with Crippen molar-refractivity contribution in [3.8, 4) is 17.2 Å². The first-order valence-electron chi connectivity index (χ1n) is 9.29. The minimum atomic E-state index is 0.247. The standard InChI is InChI=1S/C21H28N2O3/c1-24-18-14-17(15-19(25-2)21(18)26-3)20(16-8-5-4-6-9-16)23-12-7-10-22-11-13-23/h4-6,8-9,14-15,20,22H,7,10-13H2,1-3H3/p+2/t20-/m1/s1. The first-order valence-corrected chi connectivity index (χ1v) is 9.29. The third-order valence-corrected chi connectivity index (χ3v) is 5.14. The van der Waals surface area contributed by atoms with Crippen molar-refractivity contribution in [2.75, 3.05) is 47.5 Å². The summed E-state index contributed by atoms with van der Waals surface area (Å²) in [5, 5.41) is 2.42. The molecule has 0 spiro atoms. The number of quaternary nitrogens is 2. The highest BCUT2D eigenvalue weighted by Crippen LogP contribution is 2.40. The molecule has 5 heteroatoms. The number of nitrogens with one attached hydrogen (secondary N) is 1. The van der Waals surface area contributed by atoms with Crippen LogP contribution in [0.25, 0.3) is 0 Å². The van der Waals surface area contributed by atoms with Crippen LogP contribution < -0.4 is 24.4 Å². The molecule has 1 fully saturated rings. The molecule has 0 amide bonds. The van der Waals surface area contributed by atoms with Gasteiger partial charge in [-0.3, -0.25) is 0 Å². The first kappa shape index (κ1) is 18.5. The molecule has 1 saturated heterocycles. The molecule has 140 valence electrons. The van der Waals surface area contributed by atoms with Gasteiger partial charge in [0.15, 0.2) is 11.5 Å². The van der Waals surface area contributed by atoms with Crippen molar-refractivity contribution in [2.24, 2.45) is 0 Å². The van der Waals surface area contributed by atoms with E-state index in [1.807, 2.05) is 0 Å². The fraction of sp³-hybridized carbons (Fsp3) is 0.429. The summed E-state index contributed by atoms with van der Waals surface area (Å²) in [4.78, 5) is 1.58. The fourth-order valence-electron chi connectivity index (χ4n) is 3.90. The average molecular weight is 358 g/mol. The van der Waals surface area contributed by atoms with Crippen LogP contribution in [-0.2, 0) is 0 Å². The summed E-state index contributed by atoms with van der Waals surface area (Å²) in [6.45, 7) is 4.66. The lowest BCUT2D eigenvalue weighted by Crippen LogP contribution is -3.13. The third kappa shape index (κ3) is 3.94. The molecule has 0 radical (unpaired) electrons. The number of hydrogen-bond donors (Lipinski definition) is 2. The number of ether oxygens (including phenoxy) is 3. The van der Waals surface area contributed by atoms with Crippen LogP contribution in [0.2, 0.25) is 0 Å². The number of nitrogens with two attached hydrogens (primary N) is 1. The zero-order valence-corrected chi connectivity index (χ0v) is 16.0. The van der Waals surface area contributed by atoms with E-state index in [0.717, 1.165) is 19.6 Å². The van der Waals surface area contributed by atoms with Gasteiger partial charge in [-0.15, -0.1) is 0 Å². The molecule has 5 nitrogen and oxygen atoms in total. The van der Waals surface area contributed by atoms with E-state index in [1.54, 1.807) is 26.2 Å². The van der Waals surface area contributed by atoms with Crippen LogP contribution in [0.15, 0.2) is 42.5 Å². The van der Waals surface area contributed by atoms with Crippen molar-refractivity contribution in [1.82, 2.24) is 0 Å². The molecule has 3 rings (SSSR count). The van der Waals surface area contributed by atoms with Gasteiger partial charge >= 0.3 is 0 Å². The topological polar surface area (TPSA) is 48.7 Å². The molecule has 0 saturated carbocycles. The summed E-state index contributed by atoms with van der Waals surface area (Å²) in [5.41, 5.74) is 2.52. The molecule has 0 aliphatic carbocycles. The zero-order chi connectivity index (χ0) is 18.4. The molecule has 0 aromatic heterocycles. The zero-order valence-electron chi connectivity index (χ0n) is 16.0. The van der Waals surface area contributed by atoms with E-state index in [0.29, 0.717) is 17.2 Å². The van der Waals surface area contributed by atoms with Crippen molar-refractivity contribution in [3.63, 3.8) is 0 Å². The van der Waals surface area contributed by atoms with Crippen LogP contribution in [-0.4, -0.2) is 47.5 Å².